The minimum atomic E-state index is 0.914. The van der Waals surface area contributed by atoms with Gasteiger partial charge in [0.1, 0.15) is 0 Å². The Kier molecular flexibility index (Phi) is 4.34. The summed E-state index contributed by atoms with van der Waals surface area (Å²) >= 11 is 0. The molecule has 2 nitrogen and oxygen atoms in total. The topological polar surface area (TPSA) is 18.6 Å². The first-order valence-electron chi connectivity index (χ1n) is 6.64. The Hall–Kier alpha value is -0.890. The van der Waals surface area contributed by atoms with E-state index in [9.17, 15) is 0 Å². The number of likely N-dealkylation sites (N-methyl/N-ethyl adjacent to an activating group) is 1. The lowest BCUT2D eigenvalue weighted by Crippen LogP contribution is -3.13. The largest absolute Gasteiger partial charge is 0.334 e. The lowest BCUT2D eigenvalue weighted by Gasteiger charge is -2.27. The highest BCUT2D eigenvalue weighted by molar-refractivity contribution is 4.96. The van der Waals surface area contributed by atoms with E-state index in [0.29, 0.717) is 0 Å². The van der Waals surface area contributed by atoms with Gasteiger partial charge in [-0.3, -0.25) is 0 Å². The first-order chi connectivity index (χ1) is 7.86. The van der Waals surface area contributed by atoms with Crippen molar-refractivity contribution in [1.82, 2.24) is 0 Å². The summed E-state index contributed by atoms with van der Waals surface area (Å²) < 4.78 is 0. The Bertz CT molecular complexity index is 291. The number of pyridine rings is 1. The molecule has 88 valence electrons. The van der Waals surface area contributed by atoms with Crippen LogP contribution in [0.4, 0.5) is 0 Å². The van der Waals surface area contributed by atoms with Crippen molar-refractivity contribution in [2.75, 3.05) is 13.6 Å². The van der Waals surface area contributed by atoms with Gasteiger partial charge in [0.2, 0.25) is 0 Å². The molecule has 2 heteroatoms. The molecule has 2 N–H and O–H groups in total. The number of quaternary nitrogens is 1. The predicted octanol–water partition coefficient (Wildman–Crippen LogP) is 0.891. The Morgan fingerprint density at radius 3 is 2.75 bits per heavy atom. The van der Waals surface area contributed by atoms with Gasteiger partial charge in [-0.1, -0.05) is 12.5 Å². The molecule has 0 spiro atoms. The highest BCUT2D eigenvalue weighted by atomic mass is 15.1. The van der Waals surface area contributed by atoms with E-state index in [4.69, 9.17) is 0 Å². The van der Waals surface area contributed by atoms with Crippen LogP contribution in [0.3, 0.4) is 0 Å². The molecular formula is C14H24N2+2. The van der Waals surface area contributed by atoms with Crippen LogP contribution in [-0.2, 0) is 6.42 Å². The number of rotatable bonds is 4. The van der Waals surface area contributed by atoms with Gasteiger partial charge in [0.25, 0.3) is 0 Å². The second kappa shape index (κ2) is 6.00. The van der Waals surface area contributed by atoms with Gasteiger partial charge in [-0.2, -0.15) is 0 Å². The SMILES string of the molecule is C[NH+](CCc1cccc[nH+]1)C1CCCCC1. The lowest BCUT2D eigenvalue weighted by atomic mass is 9.94. The number of aromatic amines is 1. The number of nitrogens with one attached hydrogen (secondary N) is 2. The van der Waals surface area contributed by atoms with E-state index < -0.39 is 0 Å². The van der Waals surface area contributed by atoms with Crippen molar-refractivity contribution in [3.63, 3.8) is 0 Å². The van der Waals surface area contributed by atoms with Crippen molar-refractivity contribution in [3.8, 4) is 0 Å². The van der Waals surface area contributed by atoms with E-state index in [1.165, 1.54) is 50.8 Å². The van der Waals surface area contributed by atoms with Gasteiger partial charge in [0.05, 0.1) is 26.1 Å². The highest BCUT2D eigenvalue weighted by Crippen LogP contribution is 2.15. The van der Waals surface area contributed by atoms with Gasteiger partial charge < -0.3 is 4.90 Å². The fraction of sp³-hybridized carbons (Fsp3) is 0.643. The average Bonchev–Trinajstić information content (AvgIpc) is 2.38. The molecular weight excluding hydrogens is 196 g/mol. The van der Waals surface area contributed by atoms with E-state index in [1.807, 2.05) is 12.3 Å². The smallest absolute Gasteiger partial charge is 0.185 e. The van der Waals surface area contributed by atoms with Crippen LogP contribution in [-0.4, -0.2) is 19.6 Å². The average molecular weight is 220 g/mol. The molecule has 16 heavy (non-hydrogen) atoms. The van der Waals surface area contributed by atoms with Crippen LogP contribution in [0.15, 0.2) is 24.4 Å². The molecule has 1 heterocycles. The summed E-state index contributed by atoms with van der Waals surface area (Å²) in [6, 6.07) is 7.26. The van der Waals surface area contributed by atoms with Gasteiger partial charge in [-0.05, 0) is 25.7 Å². The van der Waals surface area contributed by atoms with Gasteiger partial charge >= 0.3 is 0 Å². The maximum Gasteiger partial charge on any atom is 0.185 e. The molecule has 1 aliphatic carbocycles. The van der Waals surface area contributed by atoms with E-state index in [-0.39, 0.29) is 0 Å². The monoisotopic (exact) mass is 220 g/mol. The third-order valence-corrected chi connectivity index (χ3v) is 3.86. The third kappa shape index (κ3) is 3.31. The second-order valence-corrected chi connectivity index (χ2v) is 5.07. The van der Waals surface area contributed by atoms with Crippen LogP contribution in [0, 0.1) is 0 Å². The number of aromatic nitrogens is 1. The van der Waals surface area contributed by atoms with Gasteiger partial charge in [-0.15, -0.1) is 0 Å². The van der Waals surface area contributed by atoms with Crippen LogP contribution < -0.4 is 9.88 Å². The van der Waals surface area contributed by atoms with Crippen LogP contribution in [0.2, 0.25) is 0 Å². The van der Waals surface area contributed by atoms with Gasteiger partial charge in [0, 0.05) is 12.1 Å². The van der Waals surface area contributed by atoms with Gasteiger partial charge in [0.15, 0.2) is 11.9 Å². The molecule has 0 radical (unpaired) electrons. The molecule has 0 bridgehead atoms. The minimum absolute atomic E-state index is 0.914. The van der Waals surface area contributed by atoms with Crippen LogP contribution in [0.25, 0.3) is 0 Å². The summed E-state index contributed by atoms with van der Waals surface area (Å²) in [5, 5.41) is 0. The Labute approximate surface area is 98.7 Å². The summed E-state index contributed by atoms with van der Waals surface area (Å²) in [6.07, 6.45) is 10.4. The predicted molar refractivity (Wildman–Crippen MR) is 65.3 cm³/mol. The molecule has 0 amide bonds. The highest BCUT2D eigenvalue weighted by Gasteiger charge is 2.21. The van der Waals surface area contributed by atoms with E-state index in [1.54, 1.807) is 4.90 Å². The zero-order chi connectivity index (χ0) is 11.2. The summed E-state index contributed by atoms with van der Waals surface area (Å²) in [5.74, 6) is 0. The fourth-order valence-electron chi connectivity index (χ4n) is 2.72. The van der Waals surface area contributed by atoms with Crippen molar-refractivity contribution in [2.24, 2.45) is 0 Å². The summed E-state index contributed by atoms with van der Waals surface area (Å²) in [6.45, 7) is 1.26. The second-order valence-electron chi connectivity index (χ2n) is 5.07. The lowest BCUT2D eigenvalue weighted by molar-refractivity contribution is -0.907. The molecule has 1 atom stereocenters. The molecule has 0 aromatic carbocycles. The zero-order valence-electron chi connectivity index (χ0n) is 10.3. The summed E-state index contributed by atoms with van der Waals surface area (Å²) in [7, 11) is 2.36. The molecule has 0 aliphatic heterocycles. The Balaban J connectivity index is 1.76. The van der Waals surface area contributed by atoms with E-state index in [2.05, 4.69) is 24.2 Å². The number of H-pyrrole nitrogens is 1. The molecule has 1 aliphatic rings. The van der Waals surface area contributed by atoms with Crippen LogP contribution >= 0.6 is 0 Å². The molecule has 1 aromatic rings. The molecule has 1 saturated carbocycles. The maximum atomic E-state index is 3.31. The third-order valence-electron chi connectivity index (χ3n) is 3.86. The Morgan fingerprint density at radius 1 is 1.25 bits per heavy atom. The molecule has 2 rings (SSSR count). The molecule has 1 unspecified atom stereocenters. The van der Waals surface area contributed by atoms with Gasteiger partial charge in [-0.25, -0.2) is 4.98 Å². The van der Waals surface area contributed by atoms with Crippen molar-refractivity contribution in [2.45, 2.75) is 44.6 Å². The van der Waals surface area contributed by atoms with Crippen molar-refractivity contribution in [1.29, 1.82) is 0 Å². The maximum absolute atomic E-state index is 3.31. The van der Waals surface area contributed by atoms with E-state index >= 15 is 0 Å². The zero-order valence-corrected chi connectivity index (χ0v) is 10.3. The minimum Gasteiger partial charge on any atom is -0.334 e. The van der Waals surface area contributed by atoms with Crippen LogP contribution in [0.1, 0.15) is 37.8 Å². The van der Waals surface area contributed by atoms with Crippen molar-refractivity contribution in [3.05, 3.63) is 30.1 Å². The normalized spacial score (nSPS) is 19.6. The standard InChI is InChI=1S/C14H22N2/c1-16(14-8-3-2-4-9-14)12-10-13-7-5-6-11-15-13/h5-7,11,14H,2-4,8-10,12H2,1H3/p+2. The first-order valence-corrected chi connectivity index (χ1v) is 6.64. The summed E-state index contributed by atoms with van der Waals surface area (Å²) in [4.78, 5) is 5.03. The molecule has 0 saturated heterocycles. The van der Waals surface area contributed by atoms with Crippen LogP contribution in [0.5, 0.6) is 0 Å². The molecule has 1 fully saturated rings. The van der Waals surface area contributed by atoms with E-state index in [0.717, 1.165) is 6.04 Å². The van der Waals surface area contributed by atoms with Crippen molar-refractivity contribution >= 4 is 0 Å². The summed E-state index contributed by atoms with van der Waals surface area (Å²) in [5.41, 5.74) is 1.36. The quantitative estimate of drug-likeness (QED) is 0.777. The fourth-order valence-corrected chi connectivity index (χ4v) is 2.72. The Morgan fingerprint density at radius 2 is 2.06 bits per heavy atom. The van der Waals surface area contributed by atoms with Crippen molar-refractivity contribution < 1.29 is 9.88 Å². The first kappa shape index (κ1) is 11.6. The molecule has 1 aromatic heterocycles. The number of hydrogen-bond acceptors (Lipinski definition) is 0. The number of hydrogen-bond donors (Lipinski definition) is 1.